The molecular weight excluding hydrogens is 729 g/mol. The van der Waals surface area contributed by atoms with Gasteiger partial charge < -0.3 is 5.73 Å². The molecule has 0 aliphatic carbocycles. The number of piperidine rings is 6. The summed E-state index contributed by atoms with van der Waals surface area (Å²) in [5.41, 5.74) is 8.84. The predicted molar refractivity (Wildman–Crippen MR) is 213 cm³/mol. The van der Waals surface area contributed by atoms with Crippen molar-refractivity contribution >= 4 is 90.4 Å². The fourth-order valence-electron chi connectivity index (χ4n) is 8.54. The van der Waals surface area contributed by atoms with Crippen LogP contribution < -0.4 is 5.73 Å². The predicted octanol–water partition coefficient (Wildman–Crippen LogP) is 10.1. The summed E-state index contributed by atoms with van der Waals surface area (Å²) in [6, 6.07) is 12.5. The van der Waals surface area contributed by atoms with E-state index < -0.39 is 0 Å². The lowest BCUT2D eigenvalue weighted by Gasteiger charge is -2.56. The van der Waals surface area contributed by atoms with E-state index in [1.54, 1.807) is 22.7 Å². The highest BCUT2D eigenvalue weighted by Crippen LogP contribution is 2.46. The molecule has 8 heterocycles. The van der Waals surface area contributed by atoms with Crippen LogP contribution in [0.4, 0.5) is 0 Å². The summed E-state index contributed by atoms with van der Waals surface area (Å²) in [5.74, 6) is 2.29. The summed E-state index contributed by atoms with van der Waals surface area (Å²) in [5, 5.41) is 6.16. The van der Waals surface area contributed by atoms with Crippen molar-refractivity contribution in [3.05, 3.63) is 67.8 Å². The van der Waals surface area contributed by atoms with Crippen molar-refractivity contribution in [1.82, 2.24) is 9.80 Å². The summed E-state index contributed by atoms with van der Waals surface area (Å²) in [7, 11) is 0. The quantitative estimate of drug-likeness (QED) is 0.209. The number of benzene rings is 2. The van der Waals surface area contributed by atoms with Gasteiger partial charge in [-0.05, 0) is 163 Å². The molecule has 6 saturated heterocycles. The molecule has 6 fully saturated rings. The Kier molecular flexibility index (Phi) is 13.8. The zero-order chi connectivity index (χ0) is 35.7. The van der Waals surface area contributed by atoms with Gasteiger partial charge in [-0.15, -0.1) is 35.1 Å². The summed E-state index contributed by atoms with van der Waals surface area (Å²) in [4.78, 5) is 35.3. The Labute approximate surface area is 321 Å². The smallest absolute Gasteiger partial charge is 0.326 e. The summed E-state index contributed by atoms with van der Waals surface area (Å²) in [6.07, 6.45) is 6.08. The Morgan fingerprint density at radius 2 is 1.32 bits per heavy atom. The number of carbonyl (C=O) groups excluding carboxylic acids is 3. The molecule has 4 aromatic rings. The van der Waals surface area contributed by atoms with E-state index in [0.717, 1.165) is 36.5 Å². The molecule has 0 spiro atoms. The van der Waals surface area contributed by atoms with Crippen LogP contribution in [0.2, 0.25) is 10.0 Å². The lowest BCUT2D eigenvalue weighted by Crippen LogP contribution is -2.67. The standard InChI is InChI=1S/C20H24ClNOS.C9H7ClS.C9H18N2.CO2.ClH/c1-12-16(21)5-4-14-10-18(24-19(12)14)17(23)11-15-13-6-8-22(9-7-13)20(15,2)3;1-6-8(10)3-2-7-4-5-11-9(6)7;1-9(2)8(10)7-3-5-11(9)6-4-7;2-1-3;/h4-5,10,13,15H,6-9,11H2,1-3H3;2-5H,1H3;7-8H,3-6,10H2,1-2H3;;1H/t15-;;8-;;/m1.1../s1. The molecule has 10 rings (SSSR count). The SMILES string of the molecule is CC1(C)[C@H](N)C2CCN1CC2.Cc1c(Cl)ccc2cc(C(=O)C[C@@H]3C4CCN(CC4)C3(C)C)sc12.Cc1c(Cl)ccc2ccsc12.Cl.O=C=O. The van der Waals surface area contributed by atoms with E-state index >= 15 is 0 Å². The lowest BCUT2D eigenvalue weighted by molar-refractivity contribution is -0.191. The van der Waals surface area contributed by atoms with Crippen LogP contribution in [-0.2, 0) is 9.59 Å². The molecule has 6 aliphatic heterocycles. The second kappa shape index (κ2) is 16.9. The van der Waals surface area contributed by atoms with Gasteiger partial charge in [0.2, 0.25) is 0 Å². The molecule has 2 aromatic carbocycles. The second-order valence-electron chi connectivity index (χ2n) is 15.0. The third-order valence-corrected chi connectivity index (χ3v) is 15.0. The first-order valence-electron chi connectivity index (χ1n) is 17.3. The summed E-state index contributed by atoms with van der Waals surface area (Å²) < 4.78 is 2.46. The van der Waals surface area contributed by atoms with Gasteiger partial charge in [-0.1, -0.05) is 35.3 Å². The fraction of sp³-hybridized carbons (Fsp3) is 0.538. The third kappa shape index (κ3) is 8.35. The number of carbonyl (C=O) groups is 1. The van der Waals surface area contributed by atoms with Crippen molar-refractivity contribution in [2.75, 3.05) is 26.2 Å². The van der Waals surface area contributed by atoms with E-state index in [-0.39, 0.29) is 29.6 Å². The van der Waals surface area contributed by atoms with Gasteiger partial charge in [0.25, 0.3) is 0 Å². The van der Waals surface area contributed by atoms with Gasteiger partial charge >= 0.3 is 6.15 Å². The molecule has 2 N–H and O–H groups in total. The van der Waals surface area contributed by atoms with Gasteiger partial charge in [-0.3, -0.25) is 14.6 Å². The Bertz CT molecular complexity index is 1810. The minimum atomic E-state index is 0. The number of hydrogen-bond acceptors (Lipinski definition) is 8. The molecule has 2 atom stereocenters. The minimum absolute atomic E-state index is 0. The van der Waals surface area contributed by atoms with Crippen molar-refractivity contribution in [1.29, 1.82) is 0 Å². The van der Waals surface area contributed by atoms with Crippen LogP contribution in [0.3, 0.4) is 0 Å². The Hall–Kier alpha value is -1.84. The van der Waals surface area contributed by atoms with Crippen LogP contribution >= 0.6 is 58.3 Å². The molecule has 50 heavy (non-hydrogen) atoms. The van der Waals surface area contributed by atoms with Crippen LogP contribution in [0.5, 0.6) is 0 Å². The van der Waals surface area contributed by atoms with Gasteiger partial charge in [-0.25, -0.2) is 0 Å². The second-order valence-corrected chi connectivity index (χ2v) is 17.8. The van der Waals surface area contributed by atoms with Crippen LogP contribution in [0.25, 0.3) is 20.2 Å². The molecule has 0 amide bonds. The van der Waals surface area contributed by atoms with Crippen molar-refractivity contribution in [3.63, 3.8) is 0 Å². The molecule has 0 unspecified atom stereocenters. The number of hydrogen-bond donors (Lipinski definition) is 1. The highest BCUT2D eigenvalue weighted by Gasteiger charge is 2.48. The number of aryl methyl sites for hydroxylation is 2. The molecule has 4 bridgehead atoms. The number of ketones is 1. The molecule has 0 radical (unpaired) electrons. The van der Waals surface area contributed by atoms with Gasteiger partial charge in [-0.2, -0.15) is 9.59 Å². The molecule has 2 aromatic heterocycles. The van der Waals surface area contributed by atoms with Gasteiger partial charge in [0.15, 0.2) is 5.78 Å². The summed E-state index contributed by atoms with van der Waals surface area (Å²) in [6.45, 7) is 18.2. The average Bonchev–Trinajstić information content (AvgIpc) is 3.75. The highest BCUT2D eigenvalue weighted by atomic mass is 35.5. The van der Waals surface area contributed by atoms with Crippen molar-refractivity contribution in [2.45, 2.75) is 90.8 Å². The van der Waals surface area contributed by atoms with E-state index in [1.165, 1.54) is 67.5 Å². The lowest BCUT2D eigenvalue weighted by atomic mass is 9.65. The monoisotopic (exact) mass is 777 g/mol. The molecule has 11 heteroatoms. The Balaban J connectivity index is 0.000000180. The maximum atomic E-state index is 13.0. The average molecular weight is 779 g/mol. The van der Waals surface area contributed by atoms with Gasteiger partial charge in [0, 0.05) is 43.0 Å². The highest BCUT2D eigenvalue weighted by molar-refractivity contribution is 7.21. The number of Topliss-reactive ketones (excluding diaryl/α,β-unsaturated/α-hetero) is 1. The molecular formula is C39H50Cl3N3O3S2. The Morgan fingerprint density at radius 3 is 1.82 bits per heavy atom. The first-order chi connectivity index (χ1) is 23.2. The van der Waals surface area contributed by atoms with E-state index in [4.69, 9.17) is 38.5 Å². The van der Waals surface area contributed by atoms with Crippen LogP contribution in [-0.4, -0.2) is 65.0 Å². The van der Waals surface area contributed by atoms with Crippen molar-refractivity contribution < 1.29 is 14.4 Å². The number of nitrogens with zero attached hydrogens (tertiary/aromatic N) is 2. The minimum Gasteiger partial charge on any atom is -0.326 e. The number of thiophene rings is 2. The van der Waals surface area contributed by atoms with Crippen molar-refractivity contribution in [2.24, 2.45) is 23.5 Å². The zero-order valence-electron chi connectivity index (χ0n) is 29.9. The molecule has 6 nitrogen and oxygen atoms in total. The van der Waals surface area contributed by atoms with Gasteiger partial charge in [0.05, 0.1) is 4.88 Å². The Morgan fingerprint density at radius 1 is 0.820 bits per heavy atom. The zero-order valence-corrected chi connectivity index (χ0v) is 33.9. The first-order valence-corrected chi connectivity index (χ1v) is 19.7. The van der Waals surface area contributed by atoms with Crippen LogP contribution in [0.1, 0.15) is 80.6 Å². The molecule has 272 valence electrons. The number of rotatable bonds is 3. The third-order valence-electron chi connectivity index (χ3n) is 11.9. The number of nitrogens with two attached hydrogens (primary N) is 1. The van der Waals surface area contributed by atoms with E-state index in [0.29, 0.717) is 30.1 Å². The first kappa shape index (κ1) is 40.9. The maximum absolute atomic E-state index is 13.0. The molecule has 6 aliphatic rings. The van der Waals surface area contributed by atoms with Crippen LogP contribution in [0.15, 0.2) is 41.8 Å². The van der Waals surface area contributed by atoms with E-state index in [9.17, 15) is 4.79 Å². The topological polar surface area (TPSA) is 83.7 Å². The molecule has 0 saturated carbocycles. The summed E-state index contributed by atoms with van der Waals surface area (Å²) >= 11 is 15.5. The number of fused-ring (bicyclic) bond motifs is 8. The van der Waals surface area contributed by atoms with Crippen molar-refractivity contribution in [3.8, 4) is 0 Å². The van der Waals surface area contributed by atoms with E-state index in [1.807, 2.05) is 25.1 Å². The normalized spacial score (nSPS) is 26.7. The largest absolute Gasteiger partial charge is 0.373 e. The number of halogens is 3. The maximum Gasteiger partial charge on any atom is 0.373 e. The van der Waals surface area contributed by atoms with Gasteiger partial charge in [0.1, 0.15) is 0 Å². The van der Waals surface area contributed by atoms with Crippen LogP contribution in [0, 0.1) is 31.6 Å². The van der Waals surface area contributed by atoms with E-state index in [2.05, 4.69) is 68.0 Å². The fourth-order valence-corrected chi connectivity index (χ4v) is 11.0.